The number of nitrogens with one attached hydrogen (secondary N) is 1. The van der Waals surface area contributed by atoms with Gasteiger partial charge in [0.1, 0.15) is 0 Å². The van der Waals surface area contributed by atoms with Gasteiger partial charge in [0.25, 0.3) is 0 Å². The average molecular weight is 318 g/mol. The predicted octanol–water partition coefficient (Wildman–Crippen LogP) is 3.98. The SMILES string of the molecule is CCCNC(CC1CCOC1)c1sccc1Br. The van der Waals surface area contributed by atoms with Crippen molar-refractivity contribution in [3.05, 3.63) is 20.8 Å². The molecular formula is C13H20BrNOS. The van der Waals surface area contributed by atoms with Gasteiger partial charge in [-0.05, 0) is 59.1 Å². The lowest BCUT2D eigenvalue weighted by molar-refractivity contribution is 0.181. The van der Waals surface area contributed by atoms with Gasteiger partial charge >= 0.3 is 0 Å². The zero-order valence-electron chi connectivity index (χ0n) is 10.2. The van der Waals surface area contributed by atoms with Crippen LogP contribution in [0, 0.1) is 5.92 Å². The molecule has 1 aliphatic rings. The van der Waals surface area contributed by atoms with Crippen LogP contribution in [0.15, 0.2) is 15.9 Å². The van der Waals surface area contributed by atoms with Crippen molar-refractivity contribution in [3.63, 3.8) is 0 Å². The molecule has 17 heavy (non-hydrogen) atoms. The summed E-state index contributed by atoms with van der Waals surface area (Å²) in [6.07, 6.45) is 3.59. The van der Waals surface area contributed by atoms with Crippen LogP contribution < -0.4 is 5.32 Å². The Bertz CT molecular complexity index is 336. The lowest BCUT2D eigenvalue weighted by atomic mass is 9.98. The summed E-state index contributed by atoms with van der Waals surface area (Å²) in [4.78, 5) is 1.44. The third-order valence-corrected chi connectivity index (χ3v) is 5.18. The first-order chi connectivity index (χ1) is 8.31. The topological polar surface area (TPSA) is 21.3 Å². The van der Waals surface area contributed by atoms with Gasteiger partial charge in [-0.1, -0.05) is 6.92 Å². The predicted molar refractivity (Wildman–Crippen MR) is 76.6 cm³/mol. The van der Waals surface area contributed by atoms with E-state index in [1.165, 1.54) is 28.6 Å². The maximum atomic E-state index is 5.47. The number of thiophene rings is 1. The van der Waals surface area contributed by atoms with Crippen molar-refractivity contribution in [3.8, 4) is 0 Å². The highest BCUT2D eigenvalue weighted by molar-refractivity contribution is 9.10. The van der Waals surface area contributed by atoms with Crippen LogP contribution >= 0.6 is 27.3 Å². The summed E-state index contributed by atoms with van der Waals surface area (Å²) in [5.74, 6) is 0.721. The smallest absolute Gasteiger partial charge is 0.0495 e. The molecule has 0 aromatic carbocycles. The van der Waals surface area contributed by atoms with Crippen LogP contribution in [0.5, 0.6) is 0 Å². The Balaban J connectivity index is 1.99. The van der Waals surface area contributed by atoms with Gasteiger partial charge in [0.2, 0.25) is 0 Å². The van der Waals surface area contributed by atoms with Gasteiger partial charge < -0.3 is 10.1 Å². The minimum absolute atomic E-state index is 0.482. The van der Waals surface area contributed by atoms with Crippen molar-refractivity contribution in [2.24, 2.45) is 5.92 Å². The number of hydrogen-bond acceptors (Lipinski definition) is 3. The molecule has 0 amide bonds. The van der Waals surface area contributed by atoms with E-state index in [4.69, 9.17) is 4.74 Å². The fourth-order valence-electron chi connectivity index (χ4n) is 2.26. The normalized spacial score (nSPS) is 21.9. The molecule has 1 N–H and O–H groups in total. The third-order valence-electron chi connectivity index (χ3n) is 3.20. The molecule has 0 saturated carbocycles. The summed E-state index contributed by atoms with van der Waals surface area (Å²) in [6, 6.07) is 2.63. The van der Waals surface area contributed by atoms with Crippen LogP contribution in [-0.4, -0.2) is 19.8 Å². The second kappa shape index (κ2) is 6.88. The van der Waals surface area contributed by atoms with Gasteiger partial charge in [-0.25, -0.2) is 0 Å². The molecule has 1 aromatic heterocycles. The van der Waals surface area contributed by atoms with Crippen LogP contribution in [-0.2, 0) is 4.74 Å². The Morgan fingerprint density at radius 1 is 1.65 bits per heavy atom. The largest absolute Gasteiger partial charge is 0.381 e. The number of rotatable bonds is 6. The van der Waals surface area contributed by atoms with Gasteiger partial charge in [0.05, 0.1) is 0 Å². The molecule has 2 heterocycles. The molecule has 0 radical (unpaired) electrons. The van der Waals surface area contributed by atoms with E-state index in [-0.39, 0.29) is 0 Å². The van der Waals surface area contributed by atoms with Gasteiger partial charge in [-0.2, -0.15) is 0 Å². The zero-order chi connectivity index (χ0) is 12.1. The number of hydrogen-bond donors (Lipinski definition) is 1. The molecule has 96 valence electrons. The van der Waals surface area contributed by atoms with Crippen LogP contribution in [0.2, 0.25) is 0 Å². The summed E-state index contributed by atoms with van der Waals surface area (Å²) in [5.41, 5.74) is 0. The molecule has 1 aromatic rings. The molecule has 1 aliphatic heterocycles. The molecule has 0 spiro atoms. The lowest BCUT2D eigenvalue weighted by Gasteiger charge is -2.20. The molecule has 1 fully saturated rings. The fraction of sp³-hybridized carbons (Fsp3) is 0.692. The molecule has 2 rings (SSSR count). The van der Waals surface area contributed by atoms with Gasteiger partial charge in [0, 0.05) is 28.6 Å². The number of ether oxygens (including phenoxy) is 1. The van der Waals surface area contributed by atoms with Crippen molar-refractivity contribution in [2.45, 2.75) is 32.2 Å². The second-order valence-corrected chi connectivity index (χ2v) is 6.41. The minimum atomic E-state index is 0.482. The van der Waals surface area contributed by atoms with Crippen LogP contribution in [0.25, 0.3) is 0 Å². The van der Waals surface area contributed by atoms with E-state index in [1.807, 2.05) is 11.3 Å². The first-order valence-electron chi connectivity index (χ1n) is 6.35. The zero-order valence-corrected chi connectivity index (χ0v) is 12.6. The van der Waals surface area contributed by atoms with E-state index < -0.39 is 0 Å². The van der Waals surface area contributed by atoms with Crippen molar-refractivity contribution >= 4 is 27.3 Å². The van der Waals surface area contributed by atoms with Crippen molar-refractivity contribution in [1.82, 2.24) is 5.32 Å². The Kier molecular flexibility index (Phi) is 5.48. The highest BCUT2D eigenvalue weighted by atomic mass is 79.9. The highest BCUT2D eigenvalue weighted by Gasteiger charge is 2.23. The van der Waals surface area contributed by atoms with Gasteiger partial charge in [-0.15, -0.1) is 11.3 Å². The van der Waals surface area contributed by atoms with E-state index in [9.17, 15) is 0 Å². The van der Waals surface area contributed by atoms with Gasteiger partial charge in [0.15, 0.2) is 0 Å². The summed E-state index contributed by atoms with van der Waals surface area (Å²) >= 11 is 5.49. The van der Waals surface area contributed by atoms with Crippen molar-refractivity contribution in [1.29, 1.82) is 0 Å². The molecule has 4 heteroatoms. The summed E-state index contributed by atoms with van der Waals surface area (Å²) < 4.78 is 6.72. The molecular weight excluding hydrogens is 298 g/mol. The standard InChI is InChI=1S/C13H20BrNOS/c1-2-5-15-12(8-10-3-6-16-9-10)13-11(14)4-7-17-13/h4,7,10,12,15H,2-3,5-6,8-9H2,1H3. The van der Waals surface area contributed by atoms with E-state index in [1.54, 1.807) is 0 Å². The Morgan fingerprint density at radius 3 is 3.12 bits per heavy atom. The molecule has 2 atom stereocenters. The van der Waals surface area contributed by atoms with E-state index >= 15 is 0 Å². The number of halogens is 1. The summed E-state index contributed by atoms with van der Waals surface area (Å²) in [5, 5.41) is 5.82. The first kappa shape index (κ1) is 13.5. The van der Waals surface area contributed by atoms with E-state index in [2.05, 4.69) is 39.6 Å². The molecule has 2 nitrogen and oxygen atoms in total. The van der Waals surface area contributed by atoms with Crippen molar-refractivity contribution in [2.75, 3.05) is 19.8 Å². The summed E-state index contributed by atoms with van der Waals surface area (Å²) in [7, 11) is 0. The quantitative estimate of drug-likeness (QED) is 0.857. The van der Waals surface area contributed by atoms with Crippen LogP contribution in [0.3, 0.4) is 0 Å². The Morgan fingerprint density at radius 2 is 2.53 bits per heavy atom. The maximum absolute atomic E-state index is 5.47. The Labute approximate surface area is 116 Å². The van der Waals surface area contributed by atoms with Crippen LogP contribution in [0.4, 0.5) is 0 Å². The van der Waals surface area contributed by atoms with E-state index in [0.717, 1.165) is 25.7 Å². The average Bonchev–Trinajstić information content (AvgIpc) is 2.95. The van der Waals surface area contributed by atoms with Gasteiger partial charge in [-0.3, -0.25) is 0 Å². The molecule has 0 bridgehead atoms. The summed E-state index contributed by atoms with van der Waals surface area (Å²) in [6.45, 7) is 5.18. The second-order valence-electron chi connectivity index (χ2n) is 4.60. The van der Waals surface area contributed by atoms with Crippen LogP contribution in [0.1, 0.15) is 37.1 Å². The van der Waals surface area contributed by atoms with E-state index in [0.29, 0.717) is 6.04 Å². The fourth-order valence-corrected chi connectivity index (χ4v) is 4.00. The lowest BCUT2D eigenvalue weighted by Crippen LogP contribution is -2.24. The first-order valence-corrected chi connectivity index (χ1v) is 8.02. The van der Waals surface area contributed by atoms with Crippen molar-refractivity contribution < 1.29 is 4.74 Å². The minimum Gasteiger partial charge on any atom is -0.381 e. The molecule has 1 saturated heterocycles. The molecule has 2 unspecified atom stereocenters. The maximum Gasteiger partial charge on any atom is 0.0495 e. The highest BCUT2D eigenvalue weighted by Crippen LogP contribution is 2.34. The third kappa shape index (κ3) is 3.78. The molecule has 0 aliphatic carbocycles. The monoisotopic (exact) mass is 317 g/mol. The Hall–Kier alpha value is 0.100.